The van der Waals surface area contributed by atoms with Crippen molar-refractivity contribution < 1.29 is 9.52 Å². The van der Waals surface area contributed by atoms with Crippen LogP contribution in [-0.4, -0.2) is 5.11 Å². The SMILES string of the molecule is CC1=CC(C)CC(C(O)c2ccoc2)C1. The first-order valence-electron chi connectivity index (χ1n) is 5.54. The molecule has 0 radical (unpaired) electrons. The number of aliphatic hydroxyl groups excluding tert-OH is 1. The van der Waals surface area contributed by atoms with Crippen molar-refractivity contribution in [1.29, 1.82) is 0 Å². The number of furan rings is 1. The predicted octanol–water partition coefficient (Wildman–Crippen LogP) is 3.31. The molecular formula is C13H18O2. The van der Waals surface area contributed by atoms with E-state index in [1.54, 1.807) is 12.5 Å². The largest absolute Gasteiger partial charge is 0.472 e. The van der Waals surface area contributed by atoms with Crippen LogP contribution in [0.25, 0.3) is 0 Å². The fraction of sp³-hybridized carbons (Fsp3) is 0.538. The van der Waals surface area contributed by atoms with Crippen LogP contribution < -0.4 is 0 Å². The summed E-state index contributed by atoms with van der Waals surface area (Å²) in [7, 11) is 0. The third-order valence-corrected chi connectivity index (χ3v) is 3.16. The lowest BCUT2D eigenvalue weighted by Crippen LogP contribution is -2.18. The van der Waals surface area contributed by atoms with Gasteiger partial charge in [-0.1, -0.05) is 18.6 Å². The fourth-order valence-electron chi connectivity index (χ4n) is 2.55. The monoisotopic (exact) mass is 206 g/mol. The summed E-state index contributed by atoms with van der Waals surface area (Å²) in [5.41, 5.74) is 2.29. The molecule has 0 aliphatic heterocycles. The summed E-state index contributed by atoms with van der Waals surface area (Å²) in [4.78, 5) is 0. The van der Waals surface area contributed by atoms with Crippen LogP contribution in [0.1, 0.15) is 38.4 Å². The molecule has 1 aliphatic rings. The summed E-state index contributed by atoms with van der Waals surface area (Å²) in [6.07, 6.45) is 7.24. The van der Waals surface area contributed by atoms with Crippen LogP contribution in [0.15, 0.2) is 34.7 Å². The maximum absolute atomic E-state index is 10.2. The van der Waals surface area contributed by atoms with E-state index in [1.165, 1.54) is 5.57 Å². The topological polar surface area (TPSA) is 33.4 Å². The van der Waals surface area contributed by atoms with Gasteiger partial charge in [-0.25, -0.2) is 0 Å². The van der Waals surface area contributed by atoms with E-state index >= 15 is 0 Å². The van der Waals surface area contributed by atoms with Crippen molar-refractivity contribution >= 4 is 0 Å². The molecule has 1 heterocycles. The average Bonchev–Trinajstić information content (AvgIpc) is 2.67. The Morgan fingerprint density at radius 3 is 2.93 bits per heavy atom. The third kappa shape index (κ3) is 2.32. The Morgan fingerprint density at radius 2 is 2.33 bits per heavy atom. The van der Waals surface area contributed by atoms with E-state index < -0.39 is 0 Å². The molecule has 3 atom stereocenters. The molecule has 82 valence electrons. The molecule has 2 heteroatoms. The second-order valence-electron chi connectivity index (χ2n) is 4.69. The molecule has 1 N–H and O–H groups in total. The zero-order valence-corrected chi connectivity index (χ0v) is 9.31. The molecule has 0 bridgehead atoms. The van der Waals surface area contributed by atoms with E-state index in [0.717, 1.165) is 18.4 Å². The van der Waals surface area contributed by atoms with Gasteiger partial charge in [0.1, 0.15) is 0 Å². The van der Waals surface area contributed by atoms with E-state index in [9.17, 15) is 5.11 Å². The van der Waals surface area contributed by atoms with E-state index in [-0.39, 0.29) is 6.10 Å². The maximum Gasteiger partial charge on any atom is 0.0960 e. The molecule has 0 saturated heterocycles. The highest BCUT2D eigenvalue weighted by Gasteiger charge is 2.26. The van der Waals surface area contributed by atoms with Crippen molar-refractivity contribution in [3.8, 4) is 0 Å². The Bertz CT molecular complexity index is 337. The number of hydrogen-bond acceptors (Lipinski definition) is 2. The summed E-state index contributed by atoms with van der Waals surface area (Å²) in [5.74, 6) is 0.910. The number of allylic oxidation sites excluding steroid dienone is 2. The first-order valence-corrected chi connectivity index (χ1v) is 5.54. The summed E-state index contributed by atoms with van der Waals surface area (Å²) < 4.78 is 5.01. The minimum Gasteiger partial charge on any atom is -0.472 e. The number of hydrogen-bond donors (Lipinski definition) is 1. The zero-order valence-electron chi connectivity index (χ0n) is 9.31. The van der Waals surface area contributed by atoms with Crippen molar-refractivity contribution in [2.75, 3.05) is 0 Å². The first-order chi connectivity index (χ1) is 7.16. The van der Waals surface area contributed by atoms with Crippen molar-refractivity contribution in [2.45, 2.75) is 32.8 Å². The van der Waals surface area contributed by atoms with Crippen LogP contribution >= 0.6 is 0 Å². The summed E-state index contributed by atoms with van der Waals surface area (Å²) in [6, 6.07) is 1.85. The highest BCUT2D eigenvalue weighted by Crippen LogP contribution is 2.36. The molecule has 0 amide bonds. The summed E-state index contributed by atoms with van der Waals surface area (Å²) in [5, 5.41) is 10.2. The van der Waals surface area contributed by atoms with Gasteiger partial charge < -0.3 is 9.52 Å². The van der Waals surface area contributed by atoms with Gasteiger partial charge in [0.2, 0.25) is 0 Å². The molecule has 1 aromatic heterocycles. The first kappa shape index (κ1) is 10.5. The van der Waals surface area contributed by atoms with Crippen LogP contribution in [0.2, 0.25) is 0 Å². The fourth-order valence-corrected chi connectivity index (χ4v) is 2.55. The standard InChI is InChI=1S/C13H18O2/c1-9-5-10(2)7-12(6-9)13(14)11-3-4-15-8-11/h3-5,8-9,12-14H,6-7H2,1-2H3. The molecule has 0 fully saturated rings. The third-order valence-electron chi connectivity index (χ3n) is 3.16. The van der Waals surface area contributed by atoms with E-state index in [0.29, 0.717) is 11.8 Å². The summed E-state index contributed by atoms with van der Waals surface area (Å²) in [6.45, 7) is 4.35. The normalized spacial score (nSPS) is 28.6. The molecular weight excluding hydrogens is 188 g/mol. The minimum absolute atomic E-state index is 0.336. The molecule has 0 spiro atoms. The van der Waals surface area contributed by atoms with E-state index in [1.807, 2.05) is 6.07 Å². The van der Waals surface area contributed by atoms with Crippen molar-refractivity contribution in [2.24, 2.45) is 11.8 Å². The van der Waals surface area contributed by atoms with Gasteiger partial charge in [-0.05, 0) is 37.7 Å². The van der Waals surface area contributed by atoms with Gasteiger partial charge >= 0.3 is 0 Å². The van der Waals surface area contributed by atoms with E-state index in [4.69, 9.17) is 4.42 Å². The second kappa shape index (κ2) is 4.23. The van der Waals surface area contributed by atoms with Gasteiger partial charge in [0.25, 0.3) is 0 Å². The van der Waals surface area contributed by atoms with E-state index in [2.05, 4.69) is 19.9 Å². The van der Waals surface area contributed by atoms with Gasteiger partial charge in [0.05, 0.1) is 18.6 Å². The predicted molar refractivity (Wildman–Crippen MR) is 59.3 cm³/mol. The highest BCUT2D eigenvalue weighted by molar-refractivity contribution is 5.14. The van der Waals surface area contributed by atoms with Crippen LogP contribution in [0.4, 0.5) is 0 Å². The lowest BCUT2D eigenvalue weighted by molar-refractivity contribution is 0.0927. The highest BCUT2D eigenvalue weighted by atomic mass is 16.3. The molecule has 1 aliphatic carbocycles. The van der Waals surface area contributed by atoms with Crippen LogP contribution in [-0.2, 0) is 0 Å². The quantitative estimate of drug-likeness (QED) is 0.753. The lowest BCUT2D eigenvalue weighted by Gasteiger charge is -2.28. The van der Waals surface area contributed by atoms with Crippen molar-refractivity contribution in [3.63, 3.8) is 0 Å². The Hall–Kier alpha value is -1.02. The lowest BCUT2D eigenvalue weighted by atomic mass is 9.79. The molecule has 2 rings (SSSR count). The zero-order chi connectivity index (χ0) is 10.8. The number of rotatable bonds is 2. The Labute approximate surface area is 90.6 Å². The maximum atomic E-state index is 10.2. The Balaban J connectivity index is 2.09. The van der Waals surface area contributed by atoms with Crippen molar-refractivity contribution in [1.82, 2.24) is 0 Å². The molecule has 15 heavy (non-hydrogen) atoms. The Kier molecular flexibility index (Phi) is 2.96. The van der Waals surface area contributed by atoms with Gasteiger partial charge in [-0.15, -0.1) is 0 Å². The van der Waals surface area contributed by atoms with Crippen LogP contribution in [0.3, 0.4) is 0 Å². The molecule has 3 unspecified atom stereocenters. The number of aliphatic hydroxyl groups is 1. The molecule has 0 aromatic carbocycles. The smallest absolute Gasteiger partial charge is 0.0960 e. The van der Waals surface area contributed by atoms with Gasteiger partial charge in [0.15, 0.2) is 0 Å². The molecule has 2 nitrogen and oxygen atoms in total. The van der Waals surface area contributed by atoms with Gasteiger partial charge in [-0.2, -0.15) is 0 Å². The van der Waals surface area contributed by atoms with Gasteiger partial charge in [-0.3, -0.25) is 0 Å². The average molecular weight is 206 g/mol. The second-order valence-corrected chi connectivity index (χ2v) is 4.69. The van der Waals surface area contributed by atoms with Crippen LogP contribution in [0.5, 0.6) is 0 Å². The summed E-state index contributed by atoms with van der Waals surface area (Å²) >= 11 is 0. The Morgan fingerprint density at radius 1 is 1.53 bits per heavy atom. The molecule has 0 saturated carbocycles. The van der Waals surface area contributed by atoms with Crippen LogP contribution in [0, 0.1) is 11.8 Å². The molecule has 1 aromatic rings. The van der Waals surface area contributed by atoms with Gasteiger partial charge in [0, 0.05) is 5.56 Å². The minimum atomic E-state index is -0.380. The van der Waals surface area contributed by atoms with Crippen molar-refractivity contribution in [3.05, 3.63) is 35.8 Å².